The molecule has 1 unspecified atom stereocenters. The molecule has 16 heteroatoms. The molecular weight excluding hydrogens is 910 g/mol. The van der Waals surface area contributed by atoms with E-state index in [2.05, 4.69) is 62.1 Å². The maximum absolute atomic E-state index is 14.7. The van der Waals surface area contributed by atoms with Gasteiger partial charge in [0.05, 0.1) is 47.7 Å². The van der Waals surface area contributed by atoms with Gasteiger partial charge < -0.3 is 53.5 Å². The van der Waals surface area contributed by atoms with E-state index in [4.69, 9.17) is 28.4 Å². The van der Waals surface area contributed by atoms with Crippen molar-refractivity contribution in [1.82, 2.24) is 24.8 Å². The zero-order chi connectivity index (χ0) is 52.4. The number of benzene rings is 1. The molecule has 0 spiro atoms. The van der Waals surface area contributed by atoms with Gasteiger partial charge in [-0.15, -0.1) is 5.10 Å². The average molecular weight is 1000 g/mol. The number of carbonyl (C=O) groups excluding carboxylic acids is 1. The van der Waals surface area contributed by atoms with Crippen LogP contribution in [-0.2, 0) is 46.1 Å². The minimum absolute atomic E-state index is 0.00239. The lowest BCUT2D eigenvalue weighted by atomic mass is 9.70. The quantitative estimate of drug-likeness (QED) is 0.124. The van der Waals surface area contributed by atoms with Crippen LogP contribution in [0.15, 0.2) is 30.5 Å². The summed E-state index contributed by atoms with van der Waals surface area (Å²) in [5.41, 5.74) is -0.658. The molecule has 15 nitrogen and oxygen atoms in total. The first kappa shape index (κ1) is 59.2. The van der Waals surface area contributed by atoms with Gasteiger partial charge in [-0.25, -0.2) is 9.07 Å². The number of methoxy groups -OCH3 is 2. The second-order valence-corrected chi connectivity index (χ2v) is 22.8. The summed E-state index contributed by atoms with van der Waals surface area (Å²) in [5, 5.41) is 45.4. The lowest BCUT2D eigenvalue weighted by Crippen LogP contribution is -2.59. The van der Waals surface area contributed by atoms with E-state index in [0.29, 0.717) is 58.0 Å². The van der Waals surface area contributed by atoms with E-state index < -0.39 is 84.1 Å². The van der Waals surface area contributed by atoms with Crippen molar-refractivity contribution in [2.75, 3.05) is 54.7 Å². The number of aliphatic hydroxyl groups is 3. The summed E-state index contributed by atoms with van der Waals surface area (Å²) in [4.78, 5) is 18.7. The number of aromatic nitrogens is 3. The van der Waals surface area contributed by atoms with Gasteiger partial charge in [0, 0.05) is 77.2 Å². The highest BCUT2D eigenvalue weighted by Crippen LogP contribution is 2.43. The lowest BCUT2D eigenvalue weighted by Gasteiger charge is -2.47. The number of halogens is 1. The number of hydrogen-bond acceptors (Lipinski definition) is 14. The van der Waals surface area contributed by atoms with Gasteiger partial charge in [0.25, 0.3) is 0 Å². The Kier molecular flexibility index (Phi) is 21.9. The minimum Gasteiger partial charge on any atom is -0.459 e. The van der Waals surface area contributed by atoms with Crippen molar-refractivity contribution in [3.05, 3.63) is 47.3 Å². The highest BCUT2D eigenvalue weighted by atomic mass is 19.1. The van der Waals surface area contributed by atoms with Crippen molar-refractivity contribution in [2.45, 2.75) is 218 Å². The molecule has 2 aromatic rings. The average Bonchev–Trinajstić information content (AvgIpc) is 3.80. The van der Waals surface area contributed by atoms with Gasteiger partial charge in [0.1, 0.15) is 36.6 Å². The number of aliphatic hydroxyl groups excluding tert-OH is 1. The molecule has 3 saturated heterocycles. The Labute approximate surface area is 425 Å². The molecule has 0 radical (unpaired) electrons. The van der Waals surface area contributed by atoms with Crippen molar-refractivity contribution in [2.24, 2.45) is 23.7 Å². The Morgan fingerprint density at radius 1 is 0.958 bits per heavy atom. The van der Waals surface area contributed by atoms with Gasteiger partial charge in [0.2, 0.25) is 0 Å². The predicted molar refractivity (Wildman–Crippen MR) is 273 cm³/mol. The number of hydrogen-bond donors (Lipinski definition) is 3. The van der Waals surface area contributed by atoms with Crippen molar-refractivity contribution < 1.29 is 52.9 Å². The summed E-state index contributed by atoms with van der Waals surface area (Å²) >= 11 is 0. The highest BCUT2D eigenvalue weighted by molar-refractivity contribution is 5.73. The van der Waals surface area contributed by atoms with Crippen LogP contribution in [-0.4, -0.2) is 166 Å². The predicted octanol–water partition coefficient (Wildman–Crippen LogP) is 7.68. The maximum atomic E-state index is 14.7. The van der Waals surface area contributed by atoms with Crippen LogP contribution in [0.5, 0.6) is 0 Å². The van der Waals surface area contributed by atoms with E-state index in [1.54, 1.807) is 25.8 Å². The van der Waals surface area contributed by atoms with Crippen molar-refractivity contribution in [3.63, 3.8) is 0 Å². The van der Waals surface area contributed by atoms with Crippen LogP contribution in [0.25, 0.3) is 0 Å². The van der Waals surface area contributed by atoms with Gasteiger partial charge in [0.15, 0.2) is 6.29 Å². The summed E-state index contributed by atoms with van der Waals surface area (Å²) in [6.07, 6.45) is 5.32. The highest BCUT2D eigenvalue weighted by Gasteiger charge is 2.50. The van der Waals surface area contributed by atoms with Crippen LogP contribution >= 0.6 is 0 Å². The van der Waals surface area contributed by atoms with Gasteiger partial charge in [-0.05, 0) is 110 Å². The molecule has 3 N–H and O–H groups in total. The van der Waals surface area contributed by atoms with Crippen LogP contribution in [0.2, 0.25) is 0 Å². The largest absolute Gasteiger partial charge is 0.459 e. The number of unbranched alkanes of at least 4 members (excludes halogenated alkanes) is 1. The first-order valence-corrected chi connectivity index (χ1v) is 26.8. The summed E-state index contributed by atoms with van der Waals surface area (Å²) in [6.45, 7) is 20.1. The zero-order valence-corrected chi connectivity index (χ0v) is 45.9. The number of aryl methyl sites for hydroxylation is 1. The zero-order valence-electron chi connectivity index (χ0n) is 45.9. The number of alkyl halides is 1. The number of esters is 1. The molecule has 0 bridgehead atoms. The lowest BCUT2D eigenvalue weighted by molar-refractivity contribution is -0.228. The van der Waals surface area contributed by atoms with Crippen LogP contribution in [0, 0.1) is 23.7 Å². The molecule has 0 saturated carbocycles. The molecule has 1 aromatic heterocycles. The molecule has 17 atom stereocenters. The summed E-state index contributed by atoms with van der Waals surface area (Å²) in [7, 11) is 7.30. The number of ether oxygens (including phenoxy) is 6. The summed E-state index contributed by atoms with van der Waals surface area (Å²) in [5.74, 6) is -1.89. The number of nitrogens with zero attached hydrogens (tertiary/aromatic N) is 5. The molecule has 5 rings (SSSR count). The van der Waals surface area contributed by atoms with Gasteiger partial charge >= 0.3 is 5.97 Å². The Morgan fingerprint density at radius 2 is 1.66 bits per heavy atom. The molecule has 406 valence electrons. The Morgan fingerprint density at radius 3 is 2.30 bits per heavy atom. The Bertz CT molecular complexity index is 1910. The molecular formula is C55H94FN5O10. The molecule has 4 heterocycles. The third kappa shape index (κ3) is 15.5. The number of likely N-dealkylation sites (N-methyl/N-ethyl adjacent to an activating group) is 2. The third-order valence-electron chi connectivity index (χ3n) is 16.5. The van der Waals surface area contributed by atoms with Crippen LogP contribution < -0.4 is 0 Å². The molecule has 3 aliphatic heterocycles. The topological polar surface area (TPSA) is 170 Å². The molecule has 0 aliphatic carbocycles. The SMILES string of the molecule is CCCCc1ccc([C@@H](OC)[C@@H](CF)n2cc(CCN(C)[C@@H]3C[C@H](OC[C@@]4(O)C[C@@H](C)CN(C)[C@H](C)[C@@H](O)[C@](C)(O)[C@@H](CC)OC(=O)[C@H](C)C([C@H]5C[C@@](C)(OC)C[C@H](C)O5)[C@H](C)C4)O[C@H](C)C3)nn2)cc1. The van der Waals surface area contributed by atoms with Crippen LogP contribution in [0.4, 0.5) is 4.39 Å². The standard InChI is InChI=1S/C55H94FN5O10/c1-15-17-18-41-19-21-42(22-20-41)50(66-13)45(31-56)61-33-43(57-58-61)23-24-59(11)44-25-37(5)70-48(26-44)68-34-55(65)27-35(3)32-60(12)40(8)51(62)54(10,64)47(16-2)71-52(63)39(7)49(36(4)28-55)46-30-53(9,67-14)29-38(6)69-46/h19-22,33,35-40,44-51,62,64-65H,15-18,23-32,34H2,1-14H3/t35-,36-,37-,38+,39-,40-,44+,45-,46-,47-,48-,49?,50-,51-,53+,54-,55-/m1/s1. The second-order valence-electron chi connectivity index (χ2n) is 22.8. The van der Waals surface area contributed by atoms with E-state index >= 15 is 0 Å². The van der Waals surface area contributed by atoms with Gasteiger partial charge in [-0.1, -0.05) is 70.5 Å². The normalized spacial score (nSPS) is 37.3. The van der Waals surface area contributed by atoms with Crippen molar-refractivity contribution in [1.29, 1.82) is 0 Å². The number of rotatable bonds is 18. The minimum atomic E-state index is -1.74. The fourth-order valence-corrected chi connectivity index (χ4v) is 12.2. The van der Waals surface area contributed by atoms with E-state index in [9.17, 15) is 24.5 Å². The third-order valence-corrected chi connectivity index (χ3v) is 16.5. The molecule has 1 aromatic carbocycles. The Hall–Kier alpha value is -2.64. The van der Waals surface area contributed by atoms with E-state index in [0.717, 1.165) is 36.9 Å². The van der Waals surface area contributed by atoms with E-state index in [-0.39, 0.29) is 36.7 Å². The smallest absolute Gasteiger partial charge is 0.309 e. The summed E-state index contributed by atoms with van der Waals surface area (Å²) < 4.78 is 54.2. The van der Waals surface area contributed by atoms with E-state index in [1.165, 1.54) is 5.56 Å². The molecule has 0 amide bonds. The first-order chi connectivity index (χ1) is 33.5. The van der Waals surface area contributed by atoms with Crippen molar-refractivity contribution in [3.8, 4) is 0 Å². The molecule has 71 heavy (non-hydrogen) atoms. The molecule has 3 fully saturated rings. The molecule has 3 aliphatic rings. The monoisotopic (exact) mass is 1000 g/mol. The number of cyclic esters (lactones) is 1. The number of carbonyl (C=O) groups is 1. The fraction of sp³-hybridized carbons (Fsp3) is 0.836. The first-order valence-electron chi connectivity index (χ1n) is 26.8. The second kappa shape index (κ2) is 26.2. The van der Waals surface area contributed by atoms with E-state index in [1.807, 2.05) is 64.9 Å². The van der Waals surface area contributed by atoms with Crippen molar-refractivity contribution >= 4 is 5.97 Å². The fourth-order valence-electron chi connectivity index (χ4n) is 12.2. The van der Waals surface area contributed by atoms with Crippen LogP contribution in [0.3, 0.4) is 0 Å². The van der Waals surface area contributed by atoms with Gasteiger partial charge in [-0.2, -0.15) is 0 Å². The maximum Gasteiger partial charge on any atom is 0.309 e. The summed E-state index contributed by atoms with van der Waals surface area (Å²) in [6, 6.07) is 7.18. The Balaban J connectivity index is 1.32. The van der Waals surface area contributed by atoms with Gasteiger partial charge in [-0.3, -0.25) is 4.79 Å². The van der Waals surface area contributed by atoms with Crippen LogP contribution in [0.1, 0.15) is 156 Å².